The van der Waals surface area contributed by atoms with Crippen LogP contribution in [-0.2, 0) is 23.3 Å². The Morgan fingerprint density at radius 3 is 2.09 bits per heavy atom. The Morgan fingerprint density at radius 2 is 1.47 bits per heavy atom. The number of aryl methyl sites for hydroxylation is 2. The number of amides is 2. The molecule has 0 N–H and O–H groups in total. The Hall–Kier alpha value is -3.73. The van der Waals surface area contributed by atoms with E-state index in [1.54, 1.807) is 6.07 Å². The maximum absolute atomic E-state index is 12.9. The zero-order chi connectivity index (χ0) is 24.6. The van der Waals surface area contributed by atoms with Crippen LogP contribution in [0.1, 0.15) is 79.7 Å². The van der Waals surface area contributed by atoms with E-state index in [4.69, 9.17) is 4.74 Å². The van der Waals surface area contributed by atoms with Crippen LogP contribution < -0.4 is 0 Å². The van der Waals surface area contributed by atoms with Crippen LogP contribution in [0, 0.1) is 13.8 Å². The van der Waals surface area contributed by atoms with Crippen LogP contribution in [0.15, 0.2) is 60.7 Å². The van der Waals surface area contributed by atoms with Gasteiger partial charge in [-0.1, -0.05) is 63.2 Å². The molecule has 5 heteroatoms. The minimum Gasteiger partial charge on any atom is -0.457 e. The summed E-state index contributed by atoms with van der Waals surface area (Å²) in [6, 6.07) is 18.1. The lowest BCUT2D eigenvalue weighted by Gasteiger charge is -2.22. The number of benzene rings is 3. The molecule has 1 heterocycles. The molecule has 1 aliphatic heterocycles. The van der Waals surface area contributed by atoms with Gasteiger partial charge in [-0.2, -0.15) is 0 Å². The number of hydrogen-bond acceptors (Lipinski definition) is 4. The molecule has 0 atom stereocenters. The van der Waals surface area contributed by atoms with Gasteiger partial charge in [-0.15, -0.1) is 0 Å². The fraction of sp³-hybridized carbons (Fsp3) is 0.276. The van der Waals surface area contributed by atoms with Gasteiger partial charge in [-0.3, -0.25) is 14.5 Å². The van der Waals surface area contributed by atoms with Crippen molar-refractivity contribution in [3.05, 3.63) is 105 Å². The molecule has 34 heavy (non-hydrogen) atoms. The third-order valence-corrected chi connectivity index (χ3v) is 6.30. The highest BCUT2D eigenvalue weighted by Gasteiger charge is 2.36. The molecular formula is C29H29NO4. The standard InChI is InChI=1S/C29H29NO4/c1-18-13-22(29(3,4)5)14-19(2)25(18)17-34-28(33)21-11-12-23-24(15-21)27(32)30(26(23)31)16-20-9-7-6-8-10-20/h6-15H,16-17H2,1-5H3. The highest BCUT2D eigenvalue weighted by Crippen LogP contribution is 2.28. The van der Waals surface area contributed by atoms with Crippen LogP contribution in [0.4, 0.5) is 0 Å². The molecule has 2 amide bonds. The molecule has 0 saturated carbocycles. The first kappa shape index (κ1) is 23.4. The van der Waals surface area contributed by atoms with Gasteiger partial charge in [0, 0.05) is 0 Å². The maximum atomic E-state index is 12.9. The van der Waals surface area contributed by atoms with E-state index in [1.807, 2.05) is 44.2 Å². The predicted octanol–water partition coefficient (Wildman–Crippen LogP) is 5.75. The van der Waals surface area contributed by atoms with Crippen LogP contribution >= 0.6 is 0 Å². The van der Waals surface area contributed by atoms with Crippen molar-refractivity contribution in [3.8, 4) is 0 Å². The molecule has 0 fully saturated rings. The summed E-state index contributed by atoms with van der Waals surface area (Å²) in [6.07, 6.45) is 0. The number of esters is 1. The molecule has 3 aromatic carbocycles. The molecule has 174 valence electrons. The zero-order valence-electron chi connectivity index (χ0n) is 20.3. The number of rotatable bonds is 5. The average Bonchev–Trinajstić information content (AvgIpc) is 3.02. The molecule has 0 spiro atoms. The van der Waals surface area contributed by atoms with Gasteiger partial charge in [0.15, 0.2) is 0 Å². The minimum absolute atomic E-state index is 0.0352. The number of nitrogens with zero attached hydrogens (tertiary/aromatic N) is 1. The number of hydrogen-bond donors (Lipinski definition) is 0. The van der Waals surface area contributed by atoms with Gasteiger partial charge in [0.05, 0.1) is 23.2 Å². The fourth-order valence-electron chi connectivity index (χ4n) is 4.20. The number of carbonyl (C=O) groups excluding carboxylic acids is 3. The predicted molar refractivity (Wildman–Crippen MR) is 131 cm³/mol. The van der Waals surface area contributed by atoms with Crippen LogP contribution in [0.5, 0.6) is 0 Å². The second-order valence-electron chi connectivity index (χ2n) is 9.86. The quantitative estimate of drug-likeness (QED) is 0.363. The first-order valence-electron chi connectivity index (χ1n) is 11.4. The lowest BCUT2D eigenvalue weighted by atomic mass is 9.84. The van der Waals surface area contributed by atoms with E-state index >= 15 is 0 Å². The third-order valence-electron chi connectivity index (χ3n) is 6.30. The van der Waals surface area contributed by atoms with E-state index in [-0.39, 0.29) is 35.6 Å². The normalized spacial score (nSPS) is 13.3. The van der Waals surface area contributed by atoms with Crippen LogP contribution in [-0.4, -0.2) is 22.7 Å². The van der Waals surface area contributed by atoms with Crippen molar-refractivity contribution in [1.82, 2.24) is 4.90 Å². The SMILES string of the molecule is Cc1cc(C(C)(C)C)cc(C)c1COC(=O)c1ccc2c(c1)C(=O)N(Cc1ccccc1)C2=O. The second-order valence-corrected chi connectivity index (χ2v) is 9.86. The van der Waals surface area contributed by atoms with Crippen molar-refractivity contribution in [3.63, 3.8) is 0 Å². The molecule has 0 saturated heterocycles. The van der Waals surface area contributed by atoms with Crippen molar-refractivity contribution in [2.24, 2.45) is 0 Å². The van der Waals surface area contributed by atoms with Gasteiger partial charge in [-0.05, 0) is 65.3 Å². The number of fused-ring (bicyclic) bond motifs is 1. The molecule has 0 aliphatic carbocycles. The Kier molecular flexibility index (Phi) is 6.13. The average molecular weight is 456 g/mol. The molecule has 0 bridgehead atoms. The fourth-order valence-corrected chi connectivity index (χ4v) is 4.20. The highest BCUT2D eigenvalue weighted by molar-refractivity contribution is 6.21. The molecule has 4 rings (SSSR count). The Morgan fingerprint density at radius 1 is 0.853 bits per heavy atom. The summed E-state index contributed by atoms with van der Waals surface area (Å²) in [5.74, 6) is -1.28. The van der Waals surface area contributed by atoms with Crippen molar-refractivity contribution >= 4 is 17.8 Å². The summed E-state index contributed by atoms with van der Waals surface area (Å²) >= 11 is 0. The molecule has 0 aromatic heterocycles. The molecule has 3 aromatic rings. The molecular weight excluding hydrogens is 426 g/mol. The molecule has 0 unspecified atom stereocenters. The largest absolute Gasteiger partial charge is 0.457 e. The van der Waals surface area contributed by atoms with Crippen LogP contribution in [0.25, 0.3) is 0 Å². The first-order chi connectivity index (χ1) is 16.1. The van der Waals surface area contributed by atoms with Gasteiger partial charge >= 0.3 is 5.97 Å². The maximum Gasteiger partial charge on any atom is 0.338 e. The van der Waals surface area contributed by atoms with Crippen molar-refractivity contribution in [1.29, 1.82) is 0 Å². The summed E-state index contributed by atoms with van der Waals surface area (Å²) in [5.41, 5.74) is 6.05. The Balaban J connectivity index is 1.50. The van der Waals surface area contributed by atoms with Crippen molar-refractivity contribution in [2.75, 3.05) is 0 Å². The van der Waals surface area contributed by atoms with E-state index in [0.29, 0.717) is 5.56 Å². The van der Waals surface area contributed by atoms with Gasteiger partial charge < -0.3 is 4.74 Å². The monoisotopic (exact) mass is 455 g/mol. The lowest BCUT2D eigenvalue weighted by Crippen LogP contribution is -2.29. The number of ether oxygens (including phenoxy) is 1. The first-order valence-corrected chi connectivity index (χ1v) is 11.4. The van der Waals surface area contributed by atoms with Gasteiger partial charge in [-0.25, -0.2) is 4.79 Å². The van der Waals surface area contributed by atoms with E-state index in [0.717, 1.165) is 22.3 Å². The van der Waals surface area contributed by atoms with Crippen LogP contribution in [0.3, 0.4) is 0 Å². The zero-order valence-corrected chi connectivity index (χ0v) is 20.3. The molecule has 0 radical (unpaired) electrons. The summed E-state index contributed by atoms with van der Waals surface area (Å²) < 4.78 is 5.60. The highest BCUT2D eigenvalue weighted by atomic mass is 16.5. The number of imide groups is 1. The van der Waals surface area contributed by atoms with Gasteiger partial charge in [0.1, 0.15) is 6.61 Å². The molecule has 5 nitrogen and oxygen atoms in total. The van der Waals surface area contributed by atoms with E-state index in [9.17, 15) is 14.4 Å². The van der Waals surface area contributed by atoms with Crippen molar-refractivity contribution in [2.45, 2.75) is 53.2 Å². The van der Waals surface area contributed by atoms with E-state index < -0.39 is 11.9 Å². The Bertz CT molecular complexity index is 1260. The third kappa shape index (κ3) is 4.51. The lowest BCUT2D eigenvalue weighted by molar-refractivity contribution is 0.0471. The Labute approximate surface area is 200 Å². The summed E-state index contributed by atoms with van der Waals surface area (Å²) in [4.78, 5) is 39.7. The van der Waals surface area contributed by atoms with E-state index in [1.165, 1.54) is 22.6 Å². The minimum atomic E-state index is -0.525. The van der Waals surface area contributed by atoms with Crippen LogP contribution in [0.2, 0.25) is 0 Å². The van der Waals surface area contributed by atoms with E-state index in [2.05, 4.69) is 32.9 Å². The second kappa shape index (κ2) is 8.90. The number of carbonyl (C=O) groups is 3. The van der Waals surface area contributed by atoms with Crippen molar-refractivity contribution < 1.29 is 19.1 Å². The van der Waals surface area contributed by atoms with Gasteiger partial charge in [0.2, 0.25) is 0 Å². The summed E-state index contributed by atoms with van der Waals surface area (Å²) in [7, 11) is 0. The van der Waals surface area contributed by atoms with Gasteiger partial charge in [0.25, 0.3) is 11.8 Å². The topological polar surface area (TPSA) is 63.7 Å². The summed E-state index contributed by atoms with van der Waals surface area (Å²) in [6.45, 7) is 10.9. The molecule has 1 aliphatic rings. The summed E-state index contributed by atoms with van der Waals surface area (Å²) in [5, 5.41) is 0. The smallest absolute Gasteiger partial charge is 0.338 e.